The summed E-state index contributed by atoms with van der Waals surface area (Å²) < 4.78 is 29.0. The third-order valence-corrected chi connectivity index (χ3v) is 3.65. The molecule has 0 aliphatic heterocycles. The SMILES string of the molecule is CSc1ccc(/C=C/C(=O)Nc2ccccc2OC(F)F)cc1. The van der Waals surface area contributed by atoms with Crippen molar-refractivity contribution in [3.8, 4) is 5.75 Å². The third kappa shape index (κ3) is 5.41. The minimum atomic E-state index is -2.95. The minimum Gasteiger partial charge on any atom is -0.433 e. The second-order valence-electron chi connectivity index (χ2n) is 4.47. The van der Waals surface area contributed by atoms with Crippen LogP contribution in [0, 0.1) is 0 Å². The van der Waals surface area contributed by atoms with Gasteiger partial charge in [0.1, 0.15) is 5.75 Å². The first-order valence-corrected chi connectivity index (χ1v) is 7.98. The van der Waals surface area contributed by atoms with Gasteiger partial charge in [0.05, 0.1) is 5.69 Å². The van der Waals surface area contributed by atoms with E-state index in [1.807, 2.05) is 30.5 Å². The molecule has 0 heterocycles. The summed E-state index contributed by atoms with van der Waals surface area (Å²) in [6.07, 6.45) is 4.97. The van der Waals surface area contributed by atoms with Gasteiger partial charge in [0, 0.05) is 11.0 Å². The van der Waals surface area contributed by atoms with Crippen LogP contribution < -0.4 is 10.1 Å². The highest BCUT2D eigenvalue weighted by Gasteiger charge is 2.10. The van der Waals surface area contributed by atoms with Crippen molar-refractivity contribution in [3.63, 3.8) is 0 Å². The minimum absolute atomic E-state index is 0.0754. The van der Waals surface area contributed by atoms with E-state index >= 15 is 0 Å². The molecule has 0 spiro atoms. The van der Waals surface area contributed by atoms with Crippen LogP contribution in [0.5, 0.6) is 5.75 Å². The summed E-state index contributed by atoms with van der Waals surface area (Å²) in [6, 6.07) is 13.7. The van der Waals surface area contributed by atoms with Crippen LogP contribution in [-0.2, 0) is 4.79 Å². The maximum atomic E-state index is 12.3. The molecule has 0 aromatic heterocycles. The predicted octanol–water partition coefficient (Wildman–Crippen LogP) is 4.66. The number of carbonyl (C=O) groups is 1. The maximum Gasteiger partial charge on any atom is 0.387 e. The van der Waals surface area contributed by atoms with Crippen molar-refractivity contribution in [2.45, 2.75) is 11.5 Å². The number of amides is 1. The van der Waals surface area contributed by atoms with Crippen LogP contribution in [0.4, 0.5) is 14.5 Å². The van der Waals surface area contributed by atoms with E-state index in [1.165, 1.54) is 18.2 Å². The zero-order valence-corrected chi connectivity index (χ0v) is 13.1. The maximum absolute atomic E-state index is 12.3. The van der Waals surface area contributed by atoms with Gasteiger partial charge in [-0.2, -0.15) is 8.78 Å². The van der Waals surface area contributed by atoms with Gasteiger partial charge in [-0.1, -0.05) is 24.3 Å². The van der Waals surface area contributed by atoms with Crippen LogP contribution in [0.15, 0.2) is 59.5 Å². The van der Waals surface area contributed by atoms with Crippen LogP contribution in [0.2, 0.25) is 0 Å². The second kappa shape index (κ2) is 8.33. The Morgan fingerprint density at radius 1 is 1.17 bits per heavy atom. The molecule has 0 fully saturated rings. The lowest BCUT2D eigenvalue weighted by atomic mass is 10.2. The smallest absolute Gasteiger partial charge is 0.387 e. The zero-order valence-electron chi connectivity index (χ0n) is 12.3. The van der Waals surface area contributed by atoms with Gasteiger partial charge in [0.2, 0.25) is 5.91 Å². The average molecular weight is 335 g/mol. The van der Waals surface area contributed by atoms with Gasteiger partial charge in [0.15, 0.2) is 0 Å². The summed E-state index contributed by atoms with van der Waals surface area (Å²) in [7, 11) is 0. The molecule has 0 radical (unpaired) electrons. The van der Waals surface area contributed by atoms with Crippen molar-refractivity contribution in [3.05, 3.63) is 60.2 Å². The molecule has 0 aliphatic carbocycles. The normalized spacial score (nSPS) is 11.0. The number of para-hydroxylation sites is 2. The Bertz CT molecular complexity index is 687. The monoisotopic (exact) mass is 335 g/mol. The van der Waals surface area contributed by atoms with E-state index in [9.17, 15) is 13.6 Å². The molecule has 1 N–H and O–H groups in total. The Balaban J connectivity index is 2.02. The summed E-state index contributed by atoms with van der Waals surface area (Å²) in [6.45, 7) is -2.95. The van der Waals surface area contributed by atoms with E-state index in [0.29, 0.717) is 0 Å². The van der Waals surface area contributed by atoms with Gasteiger partial charge in [-0.05, 0) is 42.2 Å². The largest absolute Gasteiger partial charge is 0.433 e. The molecule has 6 heteroatoms. The Hall–Kier alpha value is -2.34. The van der Waals surface area contributed by atoms with E-state index in [1.54, 1.807) is 30.0 Å². The number of hydrogen-bond acceptors (Lipinski definition) is 3. The molecule has 0 saturated carbocycles. The summed E-state index contributed by atoms with van der Waals surface area (Å²) in [5.41, 5.74) is 1.07. The van der Waals surface area contributed by atoms with E-state index in [-0.39, 0.29) is 11.4 Å². The Morgan fingerprint density at radius 3 is 2.52 bits per heavy atom. The van der Waals surface area contributed by atoms with Gasteiger partial charge in [-0.15, -0.1) is 11.8 Å². The lowest BCUT2D eigenvalue weighted by Gasteiger charge is -2.10. The number of alkyl halides is 2. The van der Waals surface area contributed by atoms with E-state index < -0.39 is 12.5 Å². The lowest BCUT2D eigenvalue weighted by Crippen LogP contribution is -2.11. The molecular formula is C17H15F2NO2S. The molecule has 2 rings (SSSR count). The second-order valence-corrected chi connectivity index (χ2v) is 5.35. The molecule has 2 aromatic rings. The first-order valence-electron chi connectivity index (χ1n) is 6.75. The molecule has 0 aliphatic rings. The fourth-order valence-electron chi connectivity index (χ4n) is 1.83. The van der Waals surface area contributed by atoms with Crippen molar-refractivity contribution in [2.24, 2.45) is 0 Å². The summed E-state index contributed by atoms with van der Waals surface area (Å²) >= 11 is 1.63. The van der Waals surface area contributed by atoms with Gasteiger partial charge in [-0.3, -0.25) is 4.79 Å². The molecular weight excluding hydrogens is 320 g/mol. The highest BCUT2D eigenvalue weighted by molar-refractivity contribution is 7.98. The van der Waals surface area contributed by atoms with Crippen molar-refractivity contribution >= 4 is 29.4 Å². The molecule has 0 saturated heterocycles. The zero-order chi connectivity index (χ0) is 16.7. The van der Waals surface area contributed by atoms with Crippen LogP contribution >= 0.6 is 11.8 Å². The Kier molecular flexibility index (Phi) is 6.17. The van der Waals surface area contributed by atoms with Crippen molar-refractivity contribution in [1.82, 2.24) is 0 Å². The molecule has 120 valence electrons. The van der Waals surface area contributed by atoms with Gasteiger partial charge in [0.25, 0.3) is 0 Å². The number of hydrogen-bond donors (Lipinski definition) is 1. The standard InChI is InChI=1S/C17H15F2NO2S/c1-23-13-9-6-12(7-10-13)8-11-16(21)20-14-4-2-3-5-15(14)22-17(18)19/h2-11,17H,1H3,(H,20,21)/b11-8+. The number of carbonyl (C=O) groups excluding carboxylic acids is 1. The number of anilines is 1. The molecule has 2 aromatic carbocycles. The first kappa shape index (κ1) is 17.0. The van der Waals surface area contributed by atoms with E-state index in [4.69, 9.17) is 0 Å². The van der Waals surface area contributed by atoms with Crippen LogP contribution in [0.25, 0.3) is 6.08 Å². The number of ether oxygens (including phenoxy) is 1. The van der Waals surface area contributed by atoms with Crippen molar-refractivity contribution in [2.75, 3.05) is 11.6 Å². The Morgan fingerprint density at radius 2 is 1.87 bits per heavy atom. The average Bonchev–Trinajstić information content (AvgIpc) is 2.55. The molecule has 0 unspecified atom stereocenters. The molecule has 0 atom stereocenters. The van der Waals surface area contributed by atoms with Crippen LogP contribution in [0.1, 0.15) is 5.56 Å². The van der Waals surface area contributed by atoms with E-state index in [2.05, 4.69) is 10.1 Å². The van der Waals surface area contributed by atoms with E-state index in [0.717, 1.165) is 10.5 Å². The fourth-order valence-corrected chi connectivity index (χ4v) is 2.24. The topological polar surface area (TPSA) is 38.3 Å². The van der Waals surface area contributed by atoms with Gasteiger partial charge in [-0.25, -0.2) is 0 Å². The van der Waals surface area contributed by atoms with Crippen LogP contribution in [-0.4, -0.2) is 18.8 Å². The highest BCUT2D eigenvalue weighted by atomic mass is 32.2. The van der Waals surface area contributed by atoms with Crippen molar-refractivity contribution < 1.29 is 18.3 Å². The molecule has 3 nitrogen and oxygen atoms in total. The number of halogens is 2. The van der Waals surface area contributed by atoms with Gasteiger partial charge >= 0.3 is 6.61 Å². The van der Waals surface area contributed by atoms with Crippen molar-refractivity contribution in [1.29, 1.82) is 0 Å². The number of benzene rings is 2. The summed E-state index contributed by atoms with van der Waals surface area (Å²) in [5.74, 6) is -0.502. The number of rotatable bonds is 6. The third-order valence-electron chi connectivity index (χ3n) is 2.90. The quantitative estimate of drug-likeness (QED) is 0.616. The number of nitrogens with one attached hydrogen (secondary N) is 1. The molecule has 0 bridgehead atoms. The lowest BCUT2D eigenvalue weighted by molar-refractivity contribution is -0.111. The molecule has 1 amide bonds. The Labute approximate surface area is 137 Å². The highest BCUT2D eigenvalue weighted by Crippen LogP contribution is 2.25. The number of thioether (sulfide) groups is 1. The van der Waals surface area contributed by atoms with Crippen LogP contribution in [0.3, 0.4) is 0 Å². The first-order chi connectivity index (χ1) is 11.1. The van der Waals surface area contributed by atoms with Gasteiger partial charge < -0.3 is 10.1 Å². The predicted molar refractivity (Wildman–Crippen MR) is 89.0 cm³/mol. The summed E-state index contributed by atoms with van der Waals surface area (Å²) in [5, 5.41) is 2.52. The fraction of sp³-hybridized carbons (Fsp3) is 0.118. The molecule has 23 heavy (non-hydrogen) atoms. The summed E-state index contributed by atoms with van der Waals surface area (Å²) in [4.78, 5) is 13.0.